The fourth-order valence-corrected chi connectivity index (χ4v) is 4.42. The normalized spacial score (nSPS) is 12.1. The molecule has 2 rings (SSSR count). The van der Waals surface area contributed by atoms with Crippen molar-refractivity contribution in [1.82, 2.24) is 9.80 Å². The van der Waals surface area contributed by atoms with Gasteiger partial charge < -0.3 is 14.6 Å². The second-order valence-corrected chi connectivity index (χ2v) is 9.96. The molecule has 0 atom stereocenters. The zero-order valence-corrected chi connectivity index (χ0v) is 21.7. The first-order chi connectivity index (χ1) is 15.5. The molecule has 0 saturated carbocycles. The maximum atomic E-state index is 11.0. The Bertz CT molecular complexity index is 775. The Morgan fingerprint density at radius 2 is 0.909 bits per heavy atom. The second-order valence-electron chi connectivity index (χ2n) is 9.96. The van der Waals surface area contributed by atoms with Crippen LogP contribution in [0, 0.1) is 0 Å². The van der Waals surface area contributed by atoms with Gasteiger partial charge in [-0.3, -0.25) is 9.80 Å². The van der Waals surface area contributed by atoms with E-state index in [1.54, 1.807) is 0 Å². The van der Waals surface area contributed by atoms with Gasteiger partial charge in [0.25, 0.3) is 0 Å². The lowest BCUT2D eigenvalue weighted by Crippen LogP contribution is -2.48. The molecule has 0 aliphatic carbocycles. The summed E-state index contributed by atoms with van der Waals surface area (Å²) in [5.74, 6) is 0. The smallest absolute Gasteiger partial charge is 0.443 e. The van der Waals surface area contributed by atoms with Crippen LogP contribution in [0.5, 0.6) is 0 Å². The van der Waals surface area contributed by atoms with E-state index in [1.807, 2.05) is 48.5 Å². The minimum absolute atomic E-state index is 0.374. The van der Waals surface area contributed by atoms with Gasteiger partial charge in [0.2, 0.25) is 0 Å². The topological polar surface area (TPSA) is 56.2 Å². The fraction of sp³-hybridized carbons (Fsp3) is 0.538. The molecular weight excluding hydrogens is 410 g/mol. The van der Waals surface area contributed by atoms with Gasteiger partial charge in [0.05, 0.1) is 0 Å². The summed E-state index contributed by atoms with van der Waals surface area (Å²) in [5, 5.41) is 21.9. The van der Waals surface area contributed by atoms with E-state index in [2.05, 4.69) is 65.2 Å². The van der Waals surface area contributed by atoms with Crippen molar-refractivity contribution in [3.8, 4) is 0 Å². The van der Waals surface area contributed by atoms with E-state index in [-0.39, 0.29) is 0 Å². The minimum Gasteiger partial charge on any atom is -0.443 e. The van der Waals surface area contributed by atoms with Crippen molar-refractivity contribution in [3.05, 3.63) is 59.7 Å². The van der Waals surface area contributed by atoms with Crippen LogP contribution < -0.4 is 10.9 Å². The number of rotatable bonds is 12. The Kier molecular flexibility index (Phi) is 10.6. The van der Waals surface area contributed by atoms with Crippen LogP contribution in [-0.2, 0) is 17.7 Å². The molecule has 0 aliphatic heterocycles. The van der Waals surface area contributed by atoms with Crippen molar-refractivity contribution in [2.75, 3.05) is 0 Å². The molecule has 7 heteroatoms. The number of hydrogen-bond acceptors (Lipinski definition) is 5. The van der Waals surface area contributed by atoms with Crippen molar-refractivity contribution in [2.24, 2.45) is 0 Å². The van der Waals surface area contributed by atoms with Crippen LogP contribution in [-0.4, -0.2) is 58.3 Å². The van der Waals surface area contributed by atoms with Crippen LogP contribution >= 0.6 is 0 Å². The van der Waals surface area contributed by atoms with Crippen molar-refractivity contribution >= 4 is 25.2 Å². The Hall–Kier alpha value is -1.63. The average Bonchev–Trinajstić information content (AvgIpc) is 2.75. The largest absolute Gasteiger partial charge is 0.478 e. The van der Waals surface area contributed by atoms with E-state index in [0.717, 1.165) is 11.1 Å². The monoisotopic (exact) mass is 452 g/mol. The van der Waals surface area contributed by atoms with Gasteiger partial charge >= 0.3 is 14.2 Å². The minimum atomic E-state index is -1.23. The standard InChI is InChI=1S/C26H42B2N2O3/c1-19(2)29(20(3)4)17-23-13-9-11-15-25(23)27(31)33-28(32)26-16-12-10-14-24(26)18-30(21(5)6)22(7)8/h9-16,19-22,31-32H,17-18H2,1-8H3. The van der Waals surface area contributed by atoms with Gasteiger partial charge in [-0.25, -0.2) is 0 Å². The lowest BCUT2D eigenvalue weighted by atomic mass is 9.68. The first-order valence-corrected chi connectivity index (χ1v) is 12.2. The molecule has 5 nitrogen and oxygen atoms in total. The van der Waals surface area contributed by atoms with E-state index >= 15 is 0 Å². The van der Waals surface area contributed by atoms with E-state index in [4.69, 9.17) is 4.57 Å². The van der Waals surface area contributed by atoms with Crippen LogP contribution in [0.1, 0.15) is 66.5 Å². The third kappa shape index (κ3) is 7.69. The Labute approximate surface area is 202 Å². The van der Waals surface area contributed by atoms with Gasteiger partial charge in [-0.1, -0.05) is 48.5 Å². The molecule has 0 fully saturated rings. The van der Waals surface area contributed by atoms with Crippen molar-refractivity contribution in [3.63, 3.8) is 0 Å². The summed E-state index contributed by atoms with van der Waals surface area (Å²) in [6.45, 7) is 18.8. The highest BCUT2D eigenvalue weighted by Gasteiger charge is 2.30. The third-order valence-electron chi connectivity index (χ3n) is 6.26. The highest BCUT2D eigenvalue weighted by atomic mass is 16.5. The first kappa shape index (κ1) is 27.6. The number of hydrogen-bond donors (Lipinski definition) is 2. The maximum Gasteiger partial charge on any atom is 0.478 e. The fourth-order valence-electron chi connectivity index (χ4n) is 4.42. The summed E-state index contributed by atoms with van der Waals surface area (Å²) in [7, 11) is -2.45. The molecule has 0 aromatic heterocycles. The molecule has 0 unspecified atom stereocenters. The zero-order valence-electron chi connectivity index (χ0n) is 21.7. The summed E-state index contributed by atoms with van der Waals surface area (Å²) in [6, 6.07) is 17.0. The van der Waals surface area contributed by atoms with Crippen LogP contribution in [0.15, 0.2) is 48.5 Å². The van der Waals surface area contributed by atoms with E-state index in [1.165, 1.54) is 0 Å². The quantitative estimate of drug-likeness (QED) is 0.485. The van der Waals surface area contributed by atoms with Gasteiger partial charge in [0.1, 0.15) is 0 Å². The lowest BCUT2D eigenvalue weighted by Gasteiger charge is -2.32. The predicted octanol–water partition coefficient (Wildman–Crippen LogP) is 3.02. The van der Waals surface area contributed by atoms with Gasteiger partial charge in [0, 0.05) is 37.3 Å². The number of benzene rings is 2. The van der Waals surface area contributed by atoms with Crippen LogP contribution in [0.2, 0.25) is 0 Å². The summed E-state index contributed by atoms with van der Waals surface area (Å²) in [4.78, 5) is 4.73. The molecule has 0 heterocycles. The molecule has 2 N–H and O–H groups in total. The molecule has 0 bridgehead atoms. The van der Waals surface area contributed by atoms with Crippen LogP contribution in [0.3, 0.4) is 0 Å². The third-order valence-corrected chi connectivity index (χ3v) is 6.26. The molecular formula is C26H42B2N2O3. The predicted molar refractivity (Wildman–Crippen MR) is 141 cm³/mol. The lowest BCUT2D eigenvalue weighted by molar-refractivity contribution is 0.166. The Balaban J connectivity index is 2.23. The zero-order chi connectivity index (χ0) is 24.7. The average molecular weight is 452 g/mol. The molecule has 0 saturated heterocycles. The van der Waals surface area contributed by atoms with Gasteiger partial charge in [-0.2, -0.15) is 0 Å². The molecule has 180 valence electrons. The maximum absolute atomic E-state index is 11.0. The first-order valence-electron chi connectivity index (χ1n) is 12.2. The van der Waals surface area contributed by atoms with Gasteiger partial charge in [-0.15, -0.1) is 0 Å². The summed E-state index contributed by atoms with van der Waals surface area (Å²) >= 11 is 0. The van der Waals surface area contributed by atoms with Gasteiger partial charge in [-0.05, 0) is 77.4 Å². The highest BCUT2D eigenvalue weighted by molar-refractivity contribution is 6.73. The molecule has 0 amide bonds. The second kappa shape index (κ2) is 12.7. The number of nitrogens with zero attached hydrogens (tertiary/aromatic N) is 2. The van der Waals surface area contributed by atoms with Crippen LogP contribution in [0.25, 0.3) is 0 Å². The Morgan fingerprint density at radius 1 is 0.606 bits per heavy atom. The van der Waals surface area contributed by atoms with Crippen LogP contribution in [0.4, 0.5) is 0 Å². The molecule has 33 heavy (non-hydrogen) atoms. The summed E-state index contributed by atoms with van der Waals surface area (Å²) < 4.78 is 5.78. The van der Waals surface area contributed by atoms with E-state index < -0.39 is 14.2 Å². The molecule has 2 aromatic rings. The summed E-state index contributed by atoms with van der Waals surface area (Å²) in [6.07, 6.45) is 0. The molecule has 0 aliphatic rings. The van der Waals surface area contributed by atoms with E-state index in [9.17, 15) is 10.0 Å². The summed E-state index contributed by atoms with van der Waals surface area (Å²) in [5.41, 5.74) is 3.37. The Morgan fingerprint density at radius 3 is 1.21 bits per heavy atom. The van der Waals surface area contributed by atoms with Gasteiger partial charge in [0.15, 0.2) is 0 Å². The van der Waals surface area contributed by atoms with E-state index in [0.29, 0.717) is 48.2 Å². The molecule has 0 spiro atoms. The molecule has 0 radical (unpaired) electrons. The van der Waals surface area contributed by atoms with Crippen molar-refractivity contribution in [1.29, 1.82) is 0 Å². The SMILES string of the molecule is CC(C)N(Cc1ccccc1B(O)OB(O)c1ccccc1CN(C(C)C)C(C)C)C(C)C. The molecule has 2 aromatic carbocycles. The highest BCUT2D eigenvalue weighted by Crippen LogP contribution is 2.13. The van der Waals surface area contributed by atoms with Crippen molar-refractivity contribution < 1.29 is 14.6 Å². The van der Waals surface area contributed by atoms with Crippen molar-refractivity contribution in [2.45, 2.75) is 92.6 Å².